The first-order valence-corrected chi connectivity index (χ1v) is 7.61. The maximum atomic E-state index is 12.6. The second kappa shape index (κ2) is 5.51. The third-order valence-corrected chi connectivity index (χ3v) is 4.68. The molecule has 1 saturated heterocycles. The van der Waals surface area contributed by atoms with Gasteiger partial charge < -0.3 is 10.1 Å². The molecule has 0 radical (unpaired) electrons. The molecule has 1 saturated carbocycles. The Balaban J connectivity index is 1.68. The van der Waals surface area contributed by atoms with E-state index < -0.39 is 5.41 Å². The number of nitrogens with one attached hydrogen (secondary N) is 1. The number of hydrogen-bond acceptors (Lipinski definition) is 3. The van der Waals surface area contributed by atoms with Gasteiger partial charge in [-0.05, 0) is 25.3 Å². The summed E-state index contributed by atoms with van der Waals surface area (Å²) in [6.45, 7) is 2.99. The lowest BCUT2D eigenvalue weighted by Crippen LogP contribution is -2.44. The first-order valence-electron chi connectivity index (χ1n) is 7.61. The van der Waals surface area contributed by atoms with E-state index in [1.807, 2.05) is 25.1 Å². The predicted octanol–water partition coefficient (Wildman–Crippen LogP) is 2.10. The van der Waals surface area contributed by atoms with Gasteiger partial charge in [-0.15, -0.1) is 0 Å². The van der Waals surface area contributed by atoms with E-state index >= 15 is 0 Å². The van der Waals surface area contributed by atoms with Crippen LogP contribution in [0.25, 0.3) is 0 Å². The van der Waals surface area contributed by atoms with E-state index in [1.165, 1.54) is 0 Å². The van der Waals surface area contributed by atoms with Crippen molar-refractivity contribution in [3.8, 4) is 0 Å². The van der Waals surface area contributed by atoms with Crippen molar-refractivity contribution in [1.29, 1.82) is 0 Å². The summed E-state index contributed by atoms with van der Waals surface area (Å²) in [6, 6.07) is 8.14. The minimum Gasteiger partial charge on any atom is -0.465 e. The zero-order valence-electron chi connectivity index (χ0n) is 12.4. The average molecular weight is 287 g/mol. The summed E-state index contributed by atoms with van der Waals surface area (Å²) >= 11 is 0. The van der Waals surface area contributed by atoms with Gasteiger partial charge in [0, 0.05) is 18.9 Å². The van der Waals surface area contributed by atoms with Crippen molar-refractivity contribution < 1.29 is 14.3 Å². The fourth-order valence-electron chi connectivity index (χ4n) is 3.20. The number of rotatable bonds is 4. The molecule has 21 heavy (non-hydrogen) atoms. The number of benzene rings is 1. The summed E-state index contributed by atoms with van der Waals surface area (Å²) in [5.74, 6) is 0.0443. The standard InChI is InChI=1S/C17H21NO3/c1-12-4-2-5-14(8-12)17(6-3-7-17)16(20)21-11-13-9-15(19)18-10-13/h2,4-5,8,13H,3,6-7,9-11H2,1H3,(H,18,19). The van der Waals surface area contributed by atoms with Gasteiger partial charge in [0.25, 0.3) is 0 Å². The second-order valence-corrected chi connectivity index (χ2v) is 6.28. The number of ether oxygens (including phenoxy) is 1. The highest BCUT2D eigenvalue weighted by atomic mass is 16.5. The van der Waals surface area contributed by atoms with Crippen molar-refractivity contribution in [2.24, 2.45) is 5.92 Å². The molecule has 3 rings (SSSR count). The zero-order chi connectivity index (χ0) is 14.9. The summed E-state index contributed by atoms with van der Waals surface area (Å²) in [4.78, 5) is 23.7. The van der Waals surface area contributed by atoms with Crippen molar-refractivity contribution in [3.63, 3.8) is 0 Å². The van der Waals surface area contributed by atoms with Gasteiger partial charge in [0.15, 0.2) is 0 Å². The van der Waals surface area contributed by atoms with E-state index in [0.717, 1.165) is 30.4 Å². The Kier molecular flexibility index (Phi) is 3.70. The maximum Gasteiger partial charge on any atom is 0.316 e. The average Bonchev–Trinajstić information content (AvgIpc) is 2.81. The van der Waals surface area contributed by atoms with E-state index in [9.17, 15) is 9.59 Å². The number of carbonyl (C=O) groups is 2. The summed E-state index contributed by atoms with van der Waals surface area (Å²) in [5.41, 5.74) is 1.78. The molecule has 1 amide bonds. The van der Waals surface area contributed by atoms with Gasteiger partial charge in [0.1, 0.15) is 0 Å². The van der Waals surface area contributed by atoms with Crippen LogP contribution in [0.5, 0.6) is 0 Å². The predicted molar refractivity (Wildman–Crippen MR) is 78.8 cm³/mol. The fourth-order valence-corrected chi connectivity index (χ4v) is 3.20. The third-order valence-electron chi connectivity index (χ3n) is 4.68. The molecule has 1 unspecified atom stereocenters. The van der Waals surface area contributed by atoms with Crippen LogP contribution in [-0.2, 0) is 19.7 Å². The molecule has 4 heteroatoms. The normalized spacial score (nSPS) is 23.3. The lowest BCUT2D eigenvalue weighted by atomic mass is 9.64. The molecule has 1 aromatic carbocycles. The smallest absolute Gasteiger partial charge is 0.316 e. The van der Waals surface area contributed by atoms with Crippen LogP contribution >= 0.6 is 0 Å². The first kappa shape index (κ1) is 14.1. The summed E-state index contributed by atoms with van der Waals surface area (Å²) in [7, 11) is 0. The molecule has 2 aliphatic rings. The van der Waals surface area contributed by atoms with Crippen LogP contribution in [0.15, 0.2) is 24.3 Å². The van der Waals surface area contributed by atoms with Gasteiger partial charge in [-0.3, -0.25) is 9.59 Å². The van der Waals surface area contributed by atoms with Gasteiger partial charge in [-0.25, -0.2) is 0 Å². The van der Waals surface area contributed by atoms with Crippen molar-refractivity contribution in [1.82, 2.24) is 5.32 Å². The SMILES string of the molecule is Cc1cccc(C2(C(=O)OCC3CNC(=O)C3)CCC2)c1. The van der Waals surface area contributed by atoms with Crippen LogP contribution in [0.1, 0.15) is 36.8 Å². The Labute approximate surface area is 124 Å². The Hall–Kier alpha value is -1.84. The van der Waals surface area contributed by atoms with Crippen molar-refractivity contribution in [3.05, 3.63) is 35.4 Å². The highest BCUT2D eigenvalue weighted by molar-refractivity contribution is 5.84. The molecule has 0 spiro atoms. The highest BCUT2D eigenvalue weighted by Gasteiger charge is 2.47. The van der Waals surface area contributed by atoms with Gasteiger partial charge in [0.05, 0.1) is 12.0 Å². The largest absolute Gasteiger partial charge is 0.465 e. The van der Waals surface area contributed by atoms with Crippen molar-refractivity contribution in [2.75, 3.05) is 13.2 Å². The minimum atomic E-state index is -0.456. The van der Waals surface area contributed by atoms with E-state index in [4.69, 9.17) is 4.74 Å². The Morgan fingerprint density at radius 1 is 1.43 bits per heavy atom. The number of carbonyl (C=O) groups excluding carboxylic acids is 2. The third kappa shape index (κ3) is 2.67. The van der Waals surface area contributed by atoms with Crippen molar-refractivity contribution in [2.45, 2.75) is 38.0 Å². The Morgan fingerprint density at radius 3 is 2.81 bits per heavy atom. The van der Waals surface area contributed by atoms with Crippen LogP contribution in [0.3, 0.4) is 0 Å². The Morgan fingerprint density at radius 2 is 2.24 bits per heavy atom. The van der Waals surface area contributed by atoms with Crippen LogP contribution in [0.2, 0.25) is 0 Å². The maximum absolute atomic E-state index is 12.6. The fraction of sp³-hybridized carbons (Fsp3) is 0.529. The van der Waals surface area contributed by atoms with Gasteiger partial charge in [-0.2, -0.15) is 0 Å². The molecule has 1 atom stereocenters. The van der Waals surface area contributed by atoms with Crippen LogP contribution in [-0.4, -0.2) is 25.0 Å². The molecule has 1 aliphatic carbocycles. The molecular weight excluding hydrogens is 266 g/mol. The lowest BCUT2D eigenvalue weighted by molar-refractivity contribution is -0.155. The Bertz CT molecular complexity index is 563. The highest BCUT2D eigenvalue weighted by Crippen LogP contribution is 2.45. The van der Waals surface area contributed by atoms with Crippen LogP contribution < -0.4 is 5.32 Å². The molecule has 0 bridgehead atoms. The molecule has 1 aliphatic heterocycles. The van der Waals surface area contributed by atoms with Crippen molar-refractivity contribution >= 4 is 11.9 Å². The van der Waals surface area contributed by atoms with Gasteiger partial charge in [-0.1, -0.05) is 36.2 Å². The lowest BCUT2D eigenvalue weighted by Gasteiger charge is -2.40. The van der Waals surface area contributed by atoms with E-state index in [1.54, 1.807) is 0 Å². The summed E-state index contributed by atoms with van der Waals surface area (Å²) in [6.07, 6.45) is 3.24. The molecule has 4 nitrogen and oxygen atoms in total. The number of amides is 1. The second-order valence-electron chi connectivity index (χ2n) is 6.28. The minimum absolute atomic E-state index is 0.0492. The topological polar surface area (TPSA) is 55.4 Å². The number of esters is 1. The summed E-state index contributed by atoms with van der Waals surface area (Å²) in [5, 5.41) is 2.77. The quantitative estimate of drug-likeness (QED) is 0.863. The van der Waals surface area contributed by atoms with Crippen LogP contribution in [0, 0.1) is 12.8 Å². The zero-order valence-corrected chi connectivity index (χ0v) is 12.4. The number of hydrogen-bond donors (Lipinski definition) is 1. The molecular formula is C17H21NO3. The van der Waals surface area contributed by atoms with E-state index in [-0.39, 0.29) is 17.8 Å². The molecule has 2 fully saturated rings. The first-order chi connectivity index (χ1) is 10.1. The summed E-state index contributed by atoms with van der Waals surface area (Å²) < 4.78 is 5.54. The molecule has 0 aromatic heterocycles. The number of aryl methyl sites for hydroxylation is 1. The molecule has 1 aromatic rings. The van der Waals surface area contributed by atoms with Gasteiger partial charge in [0.2, 0.25) is 5.91 Å². The molecule has 112 valence electrons. The molecule has 1 N–H and O–H groups in total. The van der Waals surface area contributed by atoms with E-state index in [2.05, 4.69) is 11.4 Å². The monoisotopic (exact) mass is 287 g/mol. The van der Waals surface area contributed by atoms with Crippen LogP contribution in [0.4, 0.5) is 0 Å². The van der Waals surface area contributed by atoms with Gasteiger partial charge >= 0.3 is 5.97 Å². The molecule has 1 heterocycles. The van der Waals surface area contributed by atoms with E-state index in [0.29, 0.717) is 19.6 Å².